The molecule has 1 heterocycles. The molecular formula is C12H18N4O2. The minimum absolute atomic E-state index is 0.186. The smallest absolute Gasteiger partial charge is 0.255 e. The van der Waals surface area contributed by atoms with Crippen LogP contribution < -0.4 is 16.6 Å². The van der Waals surface area contributed by atoms with Gasteiger partial charge in [-0.3, -0.25) is 15.6 Å². The van der Waals surface area contributed by atoms with Crippen molar-refractivity contribution in [3.63, 3.8) is 0 Å². The summed E-state index contributed by atoms with van der Waals surface area (Å²) in [6.45, 7) is 0.515. The molecular weight excluding hydrogens is 232 g/mol. The lowest BCUT2D eigenvalue weighted by Crippen LogP contribution is -2.49. The molecule has 0 bridgehead atoms. The van der Waals surface area contributed by atoms with Crippen LogP contribution in [-0.4, -0.2) is 30.1 Å². The van der Waals surface area contributed by atoms with E-state index in [2.05, 4.69) is 15.7 Å². The van der Waals surface area contributed by atoms with Crippen LogP contribution in [0.2, 0.25) is 0 Å². The molecule has 1 aromatic rings. The van der Waals surface area contributed by atoms with Gasteiger partial charge in [-0.05, 0) is 25.3 Å². The average Bonchev–Trinajstić information content (AvgIpc) is 2.37. The maximum Gasteiger partial charge on any atom is 0.255 e. The van der Waals surface area contributed by atoms with Crippen molar-refractivity contribution >= 4 is 11.6 Å². The molecule has 0 aromatic carbocycles. The Morgan fingerprint density at radius 3 is 2.94 bits per heavy atom. The quantitative estimate of drug-likeness (QED) is 0.528. The third-order valence-corrected chi connectivity index (χ3v) is 3.49. The fourth-order valence-corrected chi connectivity index (χ4v) is 2.06. The molecule has 1 aromatic heterocycles. The van der Waals surface area contributed by atoms with Gasteiger partial charge in [0.15, 0.2) is 0 Å². The predicted molar refractivity (Wildman–Crippen MR) is 68.0 cm³/mol. The Kier molecular flexibility index (Phi) is 3.78. The third-order valence-electron chi connectivity index (χ3n) is 3.49. The van der Waals surface area contributed by atoms with Crippen molar-refractivity contribution in [2.45, 2.75) is 24.9 Å². The van der Waals surface area contributed by atoms with Crippen molar-refractivity contribution in [2.24, 2.45) is 5.84 Å². The Morgan fingerprint density at radius 2 is 2.39 bits per heavy atom. The molecule has 1 aliphatic carbocycles. The van der Waals surface area contributed by atoms with Crippen LogP contribution in [0.5, 0.6) is 0 Å². The lowest BCUT2D eigenvalue weighted by atomic mass is 9.80. The number of hydrazine groups is 1. The largest absolute Gasteiger partial charge is 0.376 e. The number of hydrogen-bond donors (Lipinski definition) is 3. The number of carbonyl (C=O) groups is 1. The van der Waals surface area contributed by atoms with Gasteiger partial charge in [-0.1, -0.05) is 0 Å². The van der Waals surface area contributed by atoms with Gasteiger partial charge in [0.1, 0.15) is 0 Å². The summed E-state index contributed by atoms with van der Waals surface area (Å²) in [7, 11) is 1.68. The maximum atomic E-state index is 12.0. The van der Waals surface area contributed by atoms with Crippen molar-refractivity contribution in [1.29, 1.82) is 0 Å². The van der Waals surface area contributed by atoms with Crippen molar-refractivity contribution in [3.05, 3.63) is 24.0 Å². The second-order valence-corrected chi connectivity index (χ2v) is 4.49. The minimum Gasteiger partial charge on any atom is -0.376 e. The number of nitrogens with zero attached hydrogens (tertiary/aromatic N) is 1. The van der Waals surface area contributed by atoms with E-state index in [0.717, 1.165) is 19.3 Å². The van der Waals surface area contributed by atoms with Crippen LogP contribution in [-0.2, 0) is 4.74 Å². The molecule has 18 heavy (non-hydrogen) atoms. The summed E-state index contributed by atoms with van der Waals surface area (Å²) in [5.74, 6) is 5.16. The molecule has 0 aliphatic heterocycles. The zero-order valence-corrected chi connectivity index (χ0v) is 10.4. The number of rotatable bonds is 5. The van der Waals surface area contributed by atoms with Gasteiger partial charge in [0.25, 0.3) is 5.91 Å². The Balaban J connectivity index is 1.99. The molecule has 6 nitrogen and oxygen atoms in total. The molecule has 2 rings (SSSR count). The monoisotopic (exact) mass is 250 g/mol. The highest BCUT2D eigenvalue weighted by Crippen LogP contribution is 2.34. The summed E-state index contributed by atoms with van der Waals surface area (Å²) in [6, 6.07) is 1.66. The highest BCUT2D eigenvalue weighted by atomic mass is 16.5. The van der Waals surface area contributed by atoms with E-state index >= 15 is 0 Å². The molecule has 1 amide bonds. The van der Waals surface area contributed by atoms with Crippen LogP contribution in [0.15, 0.2) is 18.5 Å². The van der Waals surface area contributed by atoms with E-state index in [0.29, 0.717) is 17.8 Å². The molecule has 1 fully saturated rings. The number of pyridine rings is 1. The topological polar surface area (TPSA) is 89.3 Å². The number of anilines is 1. The number of hydrogen-bond acceptors (Lipinski definition) is 5. The molecule has 0 saturated heterocycles. The first kappa shape index (κ1) is 12.8. The van der Waals surface area contributed by atoms with E-state index in [1.807, 2.05) is 0 Å². The van der Waals surface area contributed by atoms with Crippen LogP contribution in [0.1, 0.15) is 29.6 Å². The van der Waals surface area contributed by atoms with Gasteiger partial charge < -0.3 is 15.5 Å². The Morgan fingerprint density at radius 1 is 1.61 bits per heavy atom. The summed E-state index contributed by atoms with van der Waals surface area (Å²) < 4.78 is 5.45. The SMILES string of the molecule is COC1(CNC(=O)c2cnccc2NN)CCC1. The molecule has 6 heteroatoms. The number of nitrogens with two attached hydrogens (primary N) is 1. The first-order valence-electron chi connectivity index (χ1n) is 5.95. The van der Waals surface area contributed by atoms with Crippen LogP contribution >= 0.6 is 0 Å². The van der Waals surface area contributed by atoms with Gasteiger partial charge in [0, 0.05) is 26.0 Å². The normalized spacial score (nSPS) is 16.8. The van der Waals surface area contributed by atoms with Gasteiger partial charge in [-0.25, -0.2) is 0 Å². The Hall–Kier alpha value is -1.66. The zero-order chi connectivity index (χ0) is 13.0. The second-order valence-electron chi connectivity index (χ2n) is 4.49. The molecule has 0 atom stereocenters. The highest BCUT2D eigenvalue weighted by molar-refractivity contribution is 5.99. The Bertz CT molecular complexity index is 426. The lowest BCUT2D eigenvalue weighted by molar-refractivity contribution is -0.0679. The second kappa shape index (κ2) is 5.32. The summed E-state index contributed by atoms with van der Waals surface area (Å²) in [5, 5.41) is 2.87. The maximum absolute atomic E-state index is 12.0. The lowest BCUT2D eigenvalue weighted by Gasteiger charge is -2.40. The van der Waals surface area contributed by atoms with Crippen LogP contribution in [0, 0.1) is 0 Å². The fourth-order valence-electron chi connectivity index (χ4n) is 2.06. The zero-order valence-electron chi connectivity index (χ0n) is 10.4. The molecule has 0 radical (unpaired) electrons. The summed E-state index contributed by atoms with van der Waals surface area (Å²) in [5.41, 5.74) is 3.29. The van der Waals surface area contributed by atoms with E-state index in [9.17, 15) is 4.79 Å². The fraction of sp³-hybridized carbons (Fsp3) is 0.500. The molecule has 1 saturated carbocycles. The average molecular weight is 250 g/mol. The molecule has 0 spiro atoms. The first-order valence-corrected chi connectivity index (χ1v) is 5.95. The summed E-state index contributed by atoms with van der Waals surface area (Å²) >= 11 is 0. The minimum atomic E-state index is -0.195. The van der Waals surface area contributed by atoms with E-state index in [4.69, 9.17) is 10.6 Å². The number of aromatic nitrogens is 1. The standard InChI is InChI=1S/C12H18N4O2/c1-18-12(4-2-5-12)8-15-11(17)9-7-14-6-3-10(9)16-13/h3,6-7H,2,4-5,8,13H2,1H3,(H,14,16)(H,15,17). The van der Waals surface area contributed by atoms with Gasteiger partial charge in [-0.15, -0.1) is 0 Å². The third kappa shape index (κ3) is 2.44. The van der Waals surface area contributed by atoms with Crippen LogP contribution in [0.3, 0.4) is 0 Å². The summed E-state index contributed by atoms with van der Waals surface area (Å²) in [6.07, 6.45) is 6.18. The number of nitrogen functional groups attached to an aromatic ring is 1. The number of nitrogens with one attached hydrogen (secondary N) is 2. The molecule has 1 aliphatic rings. The number of amides is 1. The highest BCUT2D eigenvalue weighted by Gasteiger charge is 2.37. The van der Waals surface area contributed by atoms with Gasteiger partial charge in [0.2, 0.25) is 0 Å². The number of carbonyl (C=O) groups excluding carboxylic acids is 1. The van der Waals surface area contributed by atoms with E-state index in [1.165, 1.54) is 6.20 Å². The van der Waals surface area contributed by atoms with Crippen molar-refractivity contribution in [3.8, 4) is 0 Å². The van der Waals surface area contributed by atoms with Crippen molar-refractivity contribution < 1.29 is 9.53 Å². The molecule has 98 valence electrons. The van der Waals surface area contributed by atoms with Gasteiger partial charge in [-0.2, -0.15) is 0 Å². The molecule has 4 N–H and O–H groups in total. The van der Waals surface area contributed by atoms with Crippen LogP contribution in [0.25, 0.3) is 0 Å². The number of methoxy groups -OCH3 is 1. The number of ether oxygens (including phenoxy) is 1. The van der Waals surface area contributed by atoms with Gasteiger partial charge in [0.05, 0.1) is 16.9 Å². The van der Waals surface area contributed by atoms with Crippen molar-refractivity contribution in [1.82, 2.24) is 10.3 Å². The van der Waals surface area contributed by atoms with E-state index in [-0.39, 0.29) is 11.5 Å². The van der Waals surface area contributed by atoms with E-state index in [1.54, 1.807) is 19.4 Å². The molecule has 0 unspecified atom stereocenters. The first-order chi connectivity index (χ1) is 8.71. The summed E-state index contributed by atoms with van der Waals surface area (Å²) in [4.78, 5) is 16.0. The van der Waals surface area contributed by atoms with E-state index < -0.39 is 0 Å². The van der Waals surface area contributed by atoms with Crippen LogP contribution in [0.4, 0.5) is 5.69 Å². The van der Waals surface area contributed by atoms with Gasteiger partial charge >= 0.3 is 0 Å². The Labute approximate surface area is 106 Å². The predicted octanol–water partition coefficient (Wildman–Crippen LogP) is 0.666. The van der Waals surface area contributed by atoms with Crippen molar-refractivity contribution in [2.75, 3.05) is 19.1 Å².